The molecule has 2 fully saturated rings. The van der Waals surface area contributed by atoms with E-state index in [0.29, 0.717) is 28.4 Å². The van der Waals surface area contributed by atoms with Crippen LogP contribution in [-0.4, -0.2) is 77.2 Å². The standard InChI is InChI=1S/C26H29ClN6O2/c1-30-10-13-32(14-11-30)22-7-4-18(17-28-22)23-25-24(20-16-19(27)5-6-21(20)35-25)33(26(34)29-23)15-12-31-8-2-3-9-31/h4-7,16-17H,2-3,8-15H2,1H3. The van der Waals surface area contributed by atoms with E-state index < -0.39 is 0 Å². The van der Waals surface area contributed by atoms with E-state index in [1.165, 1.54) is 12.8 Å². The van der Waals surface area contributed by atoms with Gasteiger partial charge in [0.05, 0.1) is 0 Å². The highest BCUT2D eigenvalue weighted by Crippen LogP contribution is 2.35. The number of rotatable bonds is 5. The Balaban J connectivity index is 1.42. The molecule has 0 spiro atoms. The number of likely N-dealkylation sites (N-methyl/N-ethyl adjacent to an activating group) is 1. The van der Waals surface area contributed by atoms with E-state index in [-0.39, 0.29) is 5.69 Å². The van der Waals surface area contributed by atoms with Crippen LogP contribution in [0.25, 0.3) is 33.3 Å². The van der Waals surface area contributed by atoms with Crippen molar-refractivity contribution >= 4 is 39.5 Å². The van der Waals surface area contributed by atoms with Gasteiger partial charge in [-0.25, -0.2) is 9.78 Å². The zero-order chi connectivity index (χ0) is 23.9. The summed E-state index contributed by atoms with van der Waals surface area (Å²) in [7, 11) is 2.14. The summed E-state index contributed by atoms with van der Waals surface area (Å²) in [5.74, 6) is 0.938. The van der Waals surface area contributed by atoms with Crippen LogP contribution in [0.3, 0.4) is 0 Å². The molecule has 5 heterocycles. The number of benzene rings is 1. The van der Waals surface area contributed by atoms with E-state index in [9.17, 15) is 4.79 Å². The van der Waals surface area contributed by atoms with Gasteiger partial charge in [0.1, 0.15) is 22.6 Å². The van der Waals surface area contributed by atoms with Gasteiger partial charge < -0.3 is 19.1 Å². The normalized spacial score (nSPS) is 17.7. The third-order valence-electron chi connectivity index (χ3n) is 7.23. The molecule has 182 valence electrons. The Morgan fingerprint density at radius 2 is 1.80 bits per heavy atom. The zero-order valence-corrected chi connectivity index (χ0v) is 20.7. The van der Waals surface area contributed by atoms with Gasteiger partial charge in [0.15, 0.2) is 5.58 Å². The summed E-state index contributed by atoms with van der Waals surface area (Å²) in [6.07, 6.45) is 4.22. The van der Waals surface area contributed by atoms with Crippen LogP contribution in [0.15, 0.2) is 45.7 Å². The Bertz CT molecular complexity index is 1420. The topological polar surface area (TPSA) is 70.6 Å². The zero-order valence-electron chi connectivity index (χ0n) is 19.9. The van der Waals surface area contributed by atoms with Crippen molar-refractivity contribution in [3.63, 3.8) is 0 Å². The van der Waals surface area contributed by atoms with Crippen LogP contribution in [0.4, 0.5) is 5.82 Å². The number of halogens is 1. The van der Waals surface area contributed by atoms with Crippen molar-refractivity contribution in [2.45, 2.75) is 19.4 Å². The molecule has 0 radical (unpaired) electrons. The highest BCUT2D eigenvalue weighted by molar-refractivity contribution is 6.31. The van der Waals surface area contributed by atoms with Crippen LogP contribution in [-0.2, 0) is 6.54 Å². The lowest BCUT2D eigenvalue weighted by Crippen LogP contribution is -2.44. The molecule has 3 aromatic heterocycles. The van der Waals surface area contributed by atoms with Crippen molar-refractivity contribution in [1.29, 1.82) is 0 Å². The van der Waals surface area contributed by atoms with Gasteiger partial charge in [-0.1, -0.05) is 11.6 Å². The van der Waals surface area contributed by atoms with Gasteiger partial charge in [-0.3, -0.25) is 4.57 Å². The second kappa shape index (κ2) is 9.26. The van der Waals surface area contributed by atoms with Crippen LogP contribution in [0.1, 0.15) is 12.8 Å². The first-order chi connectivity index (χ1) is 17.1. The smallest absolute Gasteiger partial charge is 0.348 e. The lowest BCUT2D eigenvalue weighted by atomic mass is 10.1. The predicted molar refractivity (Wildman–Crippen MR) is 139 cm³/mol. The minimum Gasteiger partial charge on any atom is -0.452 e. The molecule has 2 aliphatic heterocycles. The largest absolute Gasteiger partial charge is 0.452 e. The minimum atomic E-state index is -0.280. The number of likely N-dealkylation sites (tertiary alicyclic amines) is 1. The van der Waals surface area contributed by atoms with Gasteiger partial charge >= 0.3 is 5.69 Å². The Hall–Kier alpha value is -2.94. The van der Waals surface area contributed by atoms with E-state index in [1.54, 1.807) is 16.8 Å². The van der Waals surface area contributed by atoms with Crippen LogP contribution in [0.2, 0.25) is 5.02 Å². The quantitative estimate of drug-likeness (QED) is 0.420. The molecule has 0 N–H and O–H groups in total. The SMILES string of the molecule is CN1CCN(c2ccc(-c3nc(=O)n(CCN4CCCC4)c4c3oc3ccc(Cl)cc34)cn2)CC1. The minimum absolute atomic E-state index is 0.280. The van der Waals surface area contributed by atoms with Crippen molar-refractivity contribution < 1.29 is 4.42 Å². The summed E-state index contributed by atoms with van der Waals surface area (Å²) < 4.78 is 8.02. The maximum atomic E-state index is 13.3. The van der Waals surface area contributed by atoms with E-state index in [2.05, 4.69) is 26.7 Å². The monoisotopic (exact) mass is 492 g/mol. The molecule has 4 aromatic rings. The molecular weight excluding hydrogens is 464 g/mol. The highest BCUT2D eigenvalue weighted by atomic mass is 35.5. The van der Waals surface area contributed by atoms with Gasteiger partial charge in [-0.15, -0.1) is 0 Å². The highest BCUT2D eigenvalue weighted by Gasteiger charge is 2.22. The Kier molecular flexibility index (Phi) is 5.96. The summed E-state index contributed by atoms with van der Waals surface area (Å²) >= 11 is 6.34. The molecule has 0 amide bonds. The Morgan fingerprint density at radius 3 is 2.54 bits per heavy atom. The van der Waals surface area contributed by atoms with E-state index in [1.807, 2.05) is 24.3 Å². The number of aromatic nitrogens is 3. The average molecular weight is 493 g/mol. The first-order valence-corrected chi connectivity index (χ1v) is 12.7. The molecule has 0 saturated carbocycles. The molecule has 6 rings (SSSR count). The fourth-order valence-electron chi connectivity index (χ4n) is 5.19. The van der Waals surface area contributed by atoms with Crippen molar-refractivity contribution in [2.24, 2.45) is 0 Å². The molecule has 0 unspecified atom stereocenters. The van der Waals surface area contributed by atoms with Crippen molar-refractivity contribution in [3.05, 3.63) is 52.0 Å². The van der Waals surface area contributed by atoms with Gasteiger partial charge in [-0.2, -0.15) is 4.98 Å². The van der Waals surface area contributed by atoms with Crippen molar-refractivity contribution in [2.75, 3.05) is 57.8 Å². The molecule has 8 nitrogen and oxygen atoms in total. The molecule has 0 atom stereocenters. The maximum absolute atomic E-state index is 13.3. The predicted octanol–water partition coefficient (Wildman–Crippen LogP) is 3.71. The number of hydrogen-bond donors (Lipinski definition) is 0. The lowest BCUT2D eigenvalue weighted by molar-refractivity contribution is 0.312. The number of pyridine rings is 1. The summed E-state index contributed by atoms with van der Waals surface area (Å²) in [6, 6.07) is 9.51. The summed E-state index contributed by atoms with van der Waals surface area (Å²) in [4.78, 5) is 29.5. The van der Waals surface area contributed by atoms with Crippen LogP contribution in [0, 0.1) is 0 Å². The molecule has 2 saturated heterocycles. The number of piperazine rings is 1. The van der Waals surface area contributed by atoms with Gasteiger partial charge in [-0.05, 0) is 63.3 Å². The van der Waals surface area contributed by atoms with Gasteiger partial charge in [0.25, 0.3) is 0 Å². The summed E-state index contributed by atoms with van der Waals surface area (Å²) in [5, 5.41) is 1.44. The van der Waals surface area contributed by atoms with Crippen LogP contribution in [0.5, 0.6) is 0 Å². The van der Waals surface area contributed by atoms with Crippen molar-refractivity contribution in [1.82, 2.24) is 24.3 Å². The Labute approximate surface area is 208 Å². The average Bonchev–Trinajstić information content (AvgIpc) is 3.52. The van der Waals surface area contributed by atoms with Gasteiger partial charge in [0.2, 0.25) is 0 Å². The summed E-state index contributed by atoms with van der Waals surface area (Å²) in [5.41, 5.74) is 3.04. The van der Waals surface area contributed by atoms with E-state index >= 15 is 0 Å². The molecular formula is C26H29ClN6O2. The number of nitrogens with zero attached hydrogens (tertiary/aromatic N) is 6. The van der Waals surface area contributed by atoms with Crippen LogP contribution >= 0.6 is 11.6 Å². The van der Waals surface area contributed by atoms with E-state index in [4.69, 9.17) is 21.0 Å². The number of hydrogen-bond acceptors (Lipinski definition) is 7. The van der Waals surface area contributed by atoms with Crippen LogP contribution < -0.4 is 10.6 Å². The number of fused-ring (bicyclic) bond motifs is 3. The second-order valence-corrected chi connectivity index (χ2v) is 10.00. The maximum Gasteiger partial charge on any atom is 0.348 e. The molecule has 0 aliphatic carbocycles. The number of furan rings is 1. The second-order valence-electron chi connectivity index (χ2n) is 9.56. The molecule has 9 heteroatoms. The van der Waals surface area contributed by atoms with E-state index in [0.717, 1.165) is 68.1 Å². The first-order valence-electron chi connectivity index (χ1n) is 12.3. The van der Waals surface area contributed by atoms with Crippen molar-refractivity contribution in [3.8, 4) is 11.3 Å². The first kappa shape index (κ1) is 22.5. The molecule has 35 heavy (non-hydrogen) atoms. The summed E-state index contributed by atoms with van der Waals surface area (Å²) in [6.45, 7) is 7.45. The number of anilines is 1. The molecule has 2 aliphatic rings. The fraction of sp³-hybridized carbons (Fsp3) is 0.423. The van der Waals surface area contributed by atoms with Gasteiger partial charge in [0, 0.05) is 61.4 Å². The third kappa shape index (κ3) is 4.30. The molecule has 0 bridgehead atoms. The third-order valence-corrected chi connectivity index (χ3v) is 7.47. The molecule has 1 aromatic carbocycles. The fourth-order valence-corrected chi connectivity index (χ4v) is 5.36. The Morgan fingerprint density at radius 1 is 1.00 bits per heavy atom. The lowest BCUT2D eigenvalue weighted by Gasteiger charge is -2.33.